The van der Waals surface area contributed by atoms with E-state index in [0.717, 1.165) is 0 Å². The Morgan fingerprint density at radius 3 is 2.13 bits per heavy atom. The van der Waals surface area contributed by atoms with E-state index in [9.17, 15) is 26.7 Å². The molecule has 90 valence electrons. The van der Waals surface area contributed by atoms with Gasteiger partial charge in [0.05, 0.1) is 6.61 Å². The van der Waals surface area contributed by atoms with Crippen molar-refractivity contribution < 1.29 is 31.5 Å². The summed E-state index contributed by atoms with van der Waals surface area (Å²) in [6, 6.07) is 0. The second-order valence-electron chi connectivity index (χ2n) is 2.86. The Balaban J connectivity index is 3.91. The van der Waals surface area contributed by atoms with Crippen LogP contribution in [-0.4, -0.2) is 24.7 Å². The van der Waals surface area contributed by atoms with Gasteiger partial charge in [-0.05, 0) is 13.3 Å². The molecular formula is C8H11F5O2. The van der Waals surface area contributed by atoms with Gasteiger partial charge in [0.1, 0.15) is 0 Å². The first-order chi connectivity index (χ1) is 6.70. The van der Waals surface area contributed by atoms with E-state index in [0.29, 0.717) is 0 Å². The molecule has 0 spiro atoms. The SMILES string of the molecule is CCOC(=O)CCCC(F)(F)C(F)(F)F. The molecule has 0 atom stereocenters. The van der Waals surface area contributed by atoms with Crippen molar-refractivity contribution in [2.75, 3.05) is 6.61 Å². The molecule has 0 unspecified atom stereocenters. The largest absolute Gasteiger partial charge is 0.466 e. The van der Waals surface area contributed by atoms with Gasteiger partial charge in [0.2, 0.25) is 0 Å². The first-order valence-electron chi connectivity index (χ1n) is 4.31. The summed E-state index contributed by atoms with van der Waals surface area (Å²) in [5.74, 6) is -5.50. The number of halogens is 5. The van der Waals surface area contributed by atoms with Crippen LogP contribution in [0.5, 0.6) is 0 Å². The smallest absolute Gasteiger partial charge is 0.453 e. The summed E-state index contributed by atoms with van der Waals surface area (Å²) in [6.45, 7) is 1.59. The van der Waals surface area contributed by atoms with E-state index in [1.165, 1.54) is 6.92 Å². The van der Waals surface area contributed by atoms with Gasteiger partial charge in [0, 0.05) is 12.8 Å². The van der Waals surface area contributed by atoms with E-state index in [1.54, 1.807) is 0 Å². The highest BCUT2D eigenvalue weighted by Crippen LogP contribution is 2.39. The molecule has 0 aliphatic rings. The third-order valence-corrected chi connectivity index (χ3v) is 1.59. The molecule has 15 heavy (non-hydrogen) atoms. The second-order valence-corrected chi connectivity index (χ2v) is 2.86. The van der Waals surface area contributed by atoms with Crippen molar-refractivity contribution in [3.8, 4) is 0 Å². The van der Waals surface area contributed by atoms with Crippen LogP contribution in [0.2, 0.25) is 0 Å². The normalized spacial score (nSPS) is 12.7. The van der Waals surface area contributed by atoms with Crippen molar-refractivity contribution in [3.63, 3.8) is 0 Å². The standard InChI is InChI=1S/C8H11F5O2/c1-2-15-6(14)4-3-5-7(9,10)8(11,12)13/h2-5H2,1H3. The molecule has 2 nitrogen and oxygen atoms in total. The maximum atomic E-state index is 12.3. The van der Waals surface area contributed by atoms with Gasteiger partial charge in [-0.1, -0.05) is 0 Å². The lowest BCUT2D eigenvalue weighted by Gasteiger charge is -2.18. The number of carbonyl (C=O) groups excluding carboxylic acids is 1. The molecular weight excluding hydrogens is 223 g/mol. The molecule has 7 heteroatoms. The monoisotopic (exact) mass is 234 g/mol. The zero-order valence-corrected chi connectivity index (χ0v) is 8.03. The highest BCUT2D eigenvalue weighted by Gasteiger charge is 2.56. The van der Waals surface area contributed by atoms with Crippen LogP contribution >= 0.6 is 0 Å². The Kier molecular flexibility index (Phi) is 4.96. The predicted octanol–water partition coefficient (Wildman–Crippen LogP) is 2.92. The Morgan fingerprint density at radius 1 is 1.20 bits per heavy atom. The topological polar surface area (TPSA) is 26.3 Å². The van der Waals surface area contributed by atoms with E-state index in [-0.39, 0.29) is 6.61 Å². The molecule has 0 amide bonds. The average molecular weight is 234 g/mol. The number of carbonyl (C=O) groups is 1. The van der Waals surface area contributed by atoms with Gasteiger partial charge in [-0.3, -0.25) is 4.79 Å². The summed E-state index contributed by atoms with van der Waals surface area (Å²) in [4.78, 5) is 10.6. The number of hydrogen-bond acceptors (Lipinski definition) is 2. The number of esters is 1. The van der Waals surface area contributed by atoms with Crippen molar-refractivity contribution in [2.24, 2.45) is 0 Å². The Morgan fingerprint density at radius 2 is 1.73 bits per heavy atom. The second kappa shape index (κ2) is 5.27. The minimum atomic E-state index is -5.55. The van der Waals surface area contributed by atoms with Crippen LogP contribution in [0.15, 0.2) is 0 Å². The molecule has 0 bridgehead atoms. The van der Waals surface area contributed by atoms with Gasteiger partial charge in [-0.15, -0.1) is 0 Å². The Labute approximate surface area is 83.4 Å². The minimum absolute atomic E-state index is 0.0779. The van der Waals surface area contributed by atoms with E-state index in [2.05, 4.69) is 4.74 Å². The van der Waals surface area contributed by atoms with Crippen molar-refractivity contribution >= 4 is 5.97 Å². The molecule has 0 aliphatic heterocycles. The lowest BCUT2D eigenvalue weighted by Crippen LogP contribution is -2.36. The zero-order valence-electron chi connectivity index (χ0n) is 8.03. The number of alkyl halides is 5. The zero-order chi connectivity index (χ0) is 12.1. The van der Waals surface area contributed by atoms with Crippen LogP contribution in [-0.2, 0) is 9.53 Å². The fourth-order valence-electron chi connectivity index (χ4n) is 0.830. The van der Waals surface area contributed by atoms with E-state index in [1.807, 2.05) is 0 Å². The van der Waals surface area contributed by atoms with E-state index >= 15 is 0 Å². The lowest BCUT2D eigenvalue weighted by atomic mass is 10.1. The first-order valence-corrected chi connectivity index (χ1v) is 4.31. The van der Waals surface area contributed by atoms with Gasteiger partial charge in [0.15, 0.2) is 0 Å². The third-order valence-electron chi connectivity index (χ3n) is 1.59. The van der Waals surface area contributed by atoms with Gasteiger partial charge < -0.3 is 4.74 Å². The summed E-state index contributed by atoms with van der Waals surface area (Å²) in [5.41, 5.74) is 0. The van der Waals surface area contributed by atoms with Crippen LogP contribution in [0.25, 0.3) is 0 Å². The molecule has 0 aliphatic carbocycles. The summed E-state index contributed by atoms with van der Waals surface area (Å²) < 4.78 is 63.9. The van der Waals surface area contributed by atoms with Gasteiger partial charge in [-0.25, -0.2) is 0 Å². The summed E-state index contributed by atoms with van der Waals surface area (Å²) in [7, 11) is 0. The number of rotatable bonds is 5. The molecule has 0 rings (SSSR count). The maximum absolute atomic E-state index is 12.3. The van der Waals surface area contributed by atoms with Gasteiger partial charge >= 0.3 is 18.1 Å². The van der Waals surface area contributed by atoms with Crippen LogP contribution in [0.3, 0.4) is 0 Å². The average Bonchev–Trinajstić information content (AvgIpc) is 2.01. The summed E-state index contributed by atoms with van der Waals surface area (Å²) in [5, 5.41) is 0. The van der Waals surface area contributed by atoms with Crippen LogP contribution in [0.1, 0.15) is 26.2 Å². The van der Waals surface area contributed by atoms with E-state index in [4.69, 9.17) is 0 Å². The lowest BCUT2D eigenvalue weighted by molar-refractivity contribution is -0.284. The number of ether oxygens (including phenoxy) is 1. The fraction of sp³-hybridized carbons (Fsp3) is 0.875. The molecule has 0 saturated carbocycles. The van der Waals surface area contributed by atoms with Crippen LogP contribution in [0.4, 0.5) is 22.0 Å². The number of hydrogen-bond donors (Lipinski definition) is 0. The molecule has 0 aromatic heterocycles. The molecule has 0 saturated heterocycles. The Bertz CT molecular complexity index is 212. The summed E-state index contributed by atoms with van der Waals surface area (Å²) >= 11 is 0. The molecule has 0 heterocycles. The molecule has 0 aromatic carbocycles. The first kappa shape index (κ1) is 14.1. The highest BCUT2D eigenvalue weighted by molar-refractivity contribution is 5.69. The molecule has 0 aromatic rings. The predicted molar refractivity (Wildman–Crippen MR) is 41.5 cm³/mol. The van der Waals surface area contributed by atoms with Crippen molar-refractivity contribution in [3.05, 3.63) is 0 Å². The van der Waals surface area contributed by atoms with E-state index < -0.39 is 37.3 Å². The van der Waals surface area contributed by atoms with Crippen molar-refractivity contribution in [1.82, 2.24) is 0 Å². The molecule has 0 N–H and O–H groups in total. The third kappa shape index (κ3) is 4.94. The van der Waals surface area contributed by atoms with Crippen LogP contribution in [0, 0.1) is 0 Å². The highest BCUT2D eigenvalue weighted by atomic mass is 19.4. The maximum Gasteiger partial charge on any atom is 0.453 e. The van der Waals surface area contributed by atoms with Gasteiger partial charge in [-0.2, -0.15) is 22.0 Å². The quantitative estimate of drug-likeness (QED) is 0.540. The fourth-order valence-corrected chi connectivity index (χ4v) is 0.830. The van der Waals surface area contributed by atoms with Crippen molar-refractivity contribution in [1.29, 1.82) is 0 Å². The van der Waals surface area contributed by atoms with Crippen molar-refractivity contribution in [2.45, 2.75) is 38.3 Å². The van der Waals surface area contributed by atoms with Gasteiger partial charge in [0.25, 0.3) is 0 Å². The summed E-state index contributed by atoms with van der Waals surface area (Å²) in [6.07, 6.45) is -7.93. The minimum Gasteiger partial charge on any atom is -0.466 e. The molecule has 0 radical (unpaired) electrons. The van der Waals surface area contributed by atoms with Crippen LogP contribution < -0.4 is 0 Å². The molecule has 0 fully saturated rings. The Hall–Kier alpha value is -0.880.